The summed E-state index contributed by atoms with van der Waals surface area (Å²) in [5, 5.41) is 0. The Hall–Kier alpha value is -1.59. The van der Waals surface area contributed by atoms with Crippen molar-refractivity contribution in [2.75, 3.05) is 18.0 Å². The minimum Gasteiger partial charge on any atom is -0.331 e. The monoisotopic (exact) mass is 405 g/mol. The molecule has 1 aromatic rings. The number of carbonyl (C=O) groups is 2. The van der Waals surface area contributed by atoms with Crippen LogP contribution in [0.15, 0.2) is 30.3 Å². The van der Waals surface area contributed by atoms with E-state index in [4.69, 9.17) is 5.73 Å². The Bertz CT molecular complexity index is 684. The second kappa shape index (κ2) is 8.83. The van der Waals surface area contributed by atoms with Crippen molar-refractivity contribution in [3.63, 3.8) is 0 Å². The van der Waals surface area contributed by atoms with E-state index in [-0.39, 0.29) is 42.2 Å². The standard InChI is InChI=1S/C22H31N3O2.ClH/c1-2-24(19-11-12-25(22(19)27)18-9-4-3-5-10-18)21(26)17-13-15-7-6-8-16(14-17)20(15)23;/h3-5,9-10,15-17,19-20H,2,6-8,11-14,23H2,1H3;1H. The molecular formula is C22H32ClN3O2. The number of anilines is 1. The first-order valence-electron chi connectivity index (χ1n) is 10.5. The van der Waals surface area contributed by atoms with Crippen LogP contribution in [0.2, 0.25) is 0 Å². The lowest BCUT2D eigenvalue weighted by Gasteiger charge is -2.44. The van der Waals surface area contributed by atoms with Crippen LogP contribution in [0.1, 0.15) is 45.4 Å². The Morgan fingerprint density at radius 3 is 2.39 bits per heavy atom. The smallest absolute Gasteiger partial charge is 0.249 e. The van der Waals surface area contributed by atoms with Gasteiger partial charge in [0.25, 0.3) is 0 Å². The normalized spacial score (nSPS) is 32.0. The fraction of sp³-hybridized carbons (Fsp3) is 0.636. The number of likely N-dealkylation sites (N-methyl/N-ethyl adjacent to an activating group) is 1. The second-order valence-electron chi connectivity index (χ2n) is 8.45. The summed E-state index contributed by atoms with van der Waals surface area (Å²) in [5.41, 5.74) is 7.32. The van der Waals surface area contributed by atoms with Gasteiger partial charge >= 0.3 is 0 Å². The predicted octanol–water partition coefficient (Wildman–Crippen LogP) is 3.22. The molecule has 0 aromatic heterocycles. The first-order chi connectivity index (χ1) is 13.1. The van der Waals surface area contributed by atoms with Crippen LogP contribution in [-0.4, -0.2) is 41.9 Å². The molecule has 2 aliphatic carbocycles. The molecule has 3 aliphatic rings. The number of amides is 2. The maximum Gasteiger partial charge on any atom is 0.249 e. The van der Waals surface area contributed by atoms with Crippen molar-refractivity contribution in [1.29, 1.82) is 0 Å². The fourth-order valence-corrected chi connectivity index (χ4v) is 5.57. The molecule has 3 atom stereocenters. The van der Waals surface area contributed by atoms with Gasteiger partial charge in [0.05, 0.1) is 0 Å². The van der Waals surface area contributed by atoms with E-state index < -0.39 is 0 Å². The van der Waals surface area contributed by atoms with Gasteiger partial charge in [-0.05, 0) is 63.0 Å². The maximum absolute atomic E-state index is 13.4. The minimum absolute atomic E-state index is 0. The molecule has 3 unspecified atom stereocenters. The largest absolute Gasteiger partial charge is 0.331 e. The highest BCUT2D eigenvalue weighted by Crippen LogP contribution is 2.42. The van der Waals surface area contributed by atoms with Crippen LogP contribution in [-0.2, 0) is 9.59 Å². The number of fused-ring (bicyclic) bond motifs is 2. The van der Waals surface area contributed by atoms with Gasteiger partial charge < -0.3 is 15.5 Å². The van der Waals surface area contributed by atoms with Gasteiger partial charge in [0.15, 0.2) is 0 Å². The van der Waals surface area contributed by atoms with Gasteiger partial charge in [0.1, 0.15) is 6.04 Å². The Morgan fingerprint density at radius 1 is 1.14 bits per heavy atom. The average Bonchev–Trinajstić information content (AvgIpc) is 3.04. The number of carbonyl (C=O) groups excluding carboxylic acids is 2. The van der Waals surface area contributed by atoms with Crippen LogP contribution < -0.4 is 10.6 Å². The Labute approximate surface area is 174 Å². The summed E-state index contributed by atoms with van der Waals surface area (Å²) in [6, 6.07) is 9.71. The number of hydrogen-bond donors (Lipinski definition) is 1. The highest BCUT2D eigenvalue weighted by atomic mass is 35.5. The zero-order chi connectivity index (χ0) is 19.0. The average molecular weight is 406 g/mol. The van der Waals surface area contributed by atoms with Crippen molar-refractivity contribution in [2.24, 2.45) is 23.5 Å². The molecule has 5 nitrogen and oxygen atoms in total. The third-order valence-corrected chi connectivity index (χ3v) is 7.01. The van der Waals surface area contributed by atoms with Crippen LogP contribution in [0, 0.1) is 17.8 Å². The highest BCUT2D eigenvalue weighted by Gasteiger charge is 2.44. The lowest BCUT2D eigenvalue weighted by atomic mass is 9.65. The third kappa shape index (κ3) is 3.79. The van der Waals surface area contributed by atoms with E-state index in [1.807, 2.05) is 47.1 Å². The number of para-hydroxylation sites is 1. The summed E-state index contributed by atoms with van der Waals surface area (Å²) in [4.78, 5) is 30.1. The van der Waals surface area contributed by atoms with Gasteiger partial charge in [-0.3, -0.25) is 9.59 Å². The molecule has 0 radical (unpaired) electrons. The SMILES string of the molecule is CCN(C(=O)C1CC2CCCC(C1)C2N)C1CCN(c2ccccc2)C1=O.Cl. The van der Waals surface area contributed by atoms with Crippen LogP contribution >= 0.6 is 12.4 Å². The zero-order valence-corrected chi connectivity index (χ0v) is 17.4. The summed E-state index contributed by atoms with van der Waals surface area (Å²) < 4.78 is 0. The second-order valence-corrected chi connectivity index (χ2v) is 8.45. The van der Waals surface area contributed by atoms with Crippen molar-refractivity contribution in [3.05, 3.63) is 30.3 Å². The quantitative estimate of drug-likeness (QED) is 0.836. The van der Waals surface area contributed by atoms with E-state index in [9.17, 15) is 9.59 Å². The first kappa shape index (κ1) is 21.1. The molecule has 1 saturated heterocycles. The molecule has 2 saturated carbocycles. The third-order valence-electron chi connectivity index (χ3n) is 7.01. The molecule has 4 rings (SSSR count). The molecule has 1 heterocycles. The van der Waals surface area contributed by atoms with Gasteiger partial charge in [0, 0.05) is 30.7 Å². The number of nitrogens with zero attached hydrogens (tertiary/aromatic N) is 2. The molecule has 6 heteroatoms. The molecular weight excluding hydrogens is 374 g/mol. The Balaban J connectivity index is 0.00000225. The molecule has 2 N–H and O–H groups in total. The van der Waals surface area contributed by atoms with Crippen molar-refractivity contribution >= 4 is 29.9 Å². The lowest BCUT2D eigenvalue weighted by molar-refractivity contribution is -0.144. The first-order valence-corrected chi connectivity index (χ1v) is 10.5. The molecule has 0 spiro atoms. The van der Waals surface area contributed by atoms with Gasteiger partial charge in [-0.15, -0.1) is 12.4 Å². The van der Waals surface area contributed by atoms with Gasteiger partial charge in [-0.1, -0.05) is 24.6 Å². The highest BCUT2D eigenvalue weighted by molar-refractivity contribution is 6.01. The number of rotatable bonds is 4. The van der Waals surface area contributed by atoms with E-state index in [0.29, 0.717) is 31.3 Å². The van der Waals surface area contributed by atoms with Crippen LogP contribution in [0.4, 0.5) is 5.69 Å². The van der Waals surface area contributed by atoms with Crippen molar-refractivity contribution in [3.8, 4) is 0 Å². The summed E-state index contributed by atoms with van der Waals surface area (Å²) in [6.45, 7) is 3.26. The number of halogens is 1. The summed E-state index contributed by atoms with van der Waals surface area (Å²) in [5.74, 6) is 1.23. The van der Waals surface area contributed by atoms with Gasteiger partial charge in [-0.2, -0.15) is 0 Å². The van der Waals surface area contributed by atoms with E-state index in [1.165, 1.54) is 6.42 Å². The van der Waals surface area contributed by atoms with Crippen LogP contribution in [0.25, 0.3) is 0 Å². The summed E-state index contributed by atoms with van der Waals surface area (Å²) >= 11 is 0. The zero-order valence-electron chi connectivity index (χ0n) is 16.6. The van der Waals surface area contributed by atoms with Crippen LogP contribution in [0.5, 0.6) is 0 Å². The Morgan fingerprint density at radius 2 is 1.79 bits per heavy atom. The lowest BCUT2D eigenvalue weighted by Crippen LogP contribution is -2.52. The molecule has 1 aromatic carbocycles. The summed E-state index contributed by atoms with van der Waals surface area (Å²) in [7, 11) is 0. The molecule has 154 valence electrons. The molecule has 28 heavy (non-hydrogen) atoms. The van der Waals surface area contributed by atoms with E-state index in [0.717, 1.165) is 31.4 Å². The topological polar surface area (TPSA) is 66.6 Å². The molecule has 2 bridgehead atoms. The van der Waals surface area contributed by atoms with Crippen LogP contribution in [0.3, 0.4) is 0 Å². The van der Waals surface area contributed by atoms with E-state index in [1.54, 1.807) is 0 Å². The van der Waals surface area contributed by atoms with E-state index >= 15 is 0 Å². The molecule has 3 fully saturated rings. The Kier molecular flexibility index (Phi) is 6.66. The summed E-state index contributed by atoms with van der Waals surface area (Å²) in [6.07, 6.45) is 6.06. The fourth-order valence-electron chi connectivity index (χ4n) is 5.57. The number of nitrogens with two attached hydrogens (primary N) is 1. The number of benzene rings is 1. The number of hydrogen-bond acceptors (Lipinski definition) is 3. The van der Waals surface area contributed by atoms with E-state index in [2.05, 4.69) is 0 Å². The van der Waals surface area contributed by atoms with Gasteiger partial charge in [0.2, 0.25) is 11.8 Å². The van der Waals surface area contributed by atoms with Crippen molar-refractivity contribution in [2.45, 2.75) is 57.5 Å². The van der Waals surface area contributed by atoms with Gasteiger partial charge in [-0.25, -0.2) is 0 Å². The predicted molar refractivity (Wildman–Crippen MR) is 113 cm³/mol. The van der Waals surface area contributed by atoms with Crippen molar-refractivity contribution in [1.82, 2.24) is 4.90 Å². The molecule has 1 aliphatic heterocycles. The van der Waals surface area contributed by atoms with Crippen molar-refractivity contribution < 1.29 is 9.59 Å². The minimum atomic E-state index is -0.321. The maximum atomic E-state index is 13.4. The molecule has 2 amide bonds.